The second-order valence-corrected chi connectivity index (χ2v) is 7.64. The molecule has 0 aliphatic heterocycles. The molecule has 1 amide bonds. The summed E-state index contributed by atoms with van der Waals surface area (Å²) in [5.74, 6) is 0.835. The van der Waals surface area contributed by atoms with Gasteiger partial charge in [0.15, 0.2) is 5.96 Å². The predicted molar refractivity (Wildman–Crippen MR) is 118 cm³/mol. The molecule has 0 aliphatic rings. The second kappa shape index (κ2) is 12.1. The number of rotatable bonds is 10. The molecule has 2 rings (SSSR count). The number of thiazole rings is 1. The molecule has 0 aliphatic carbocycles. The third-order valence-electron chi connectivity index (χ3n) is 4.03. The number of carbonyl (C=O) groups is 1. The maximum Gasteiger partial charge on any atom is 0.224 e. The summed E-state index contributed by atoms with van der Waals surface area (Å²) in [5, 5.41) is 10.7. The summed E-state index contributed by atoms with van der Waals surface area (Å²) in [7, 11) is 0. The average molecular weight is 402 g/mol. The molecule has 7 heteroatoms. The SMILES string of the molecule is CCCC(=O)Nc1cccc(CN=C(NCC)NCCc2ncc(CC)s2)c1. The van der Waals surface area contributed by atoms with Crippen molar-refractivity contribution in [1.29, 1.82) is 0 Å². The Morgan fingerprint density at radius 3 is 2.79 bits per heavy atom. The van der Waals surface area contributed by atoms with Gasteiger partial charge >= 0.3 is 0 Å². The van der Waals surface area contributed by atoms with Crippen molar-refractivity contribution in [2.24, 2.45) is 4.99 Å². The molecule has 152 valence electrons. The van der Waals surface area contributed by atoms with E-state index in [4.69, 9.17) is 0 Å². The van der Waals surface area contributed by atoms with Crippen molar-refractivity contribution in [2.75, 3.05) is 18.4 Å². The lowest BCUT2D eigenvalue weighted by molar-refractivity contribution is -0.116. The molecule has 0 fully saturated rings. The molecular formula is C21H31N5OS. The number of carbonyl (C=O) groups excluding carboxylic acids is 1. The normalized spacial score (nSPS) is 11.3. The first-order valence-electron chi connectivity index (χ1n) is 9.99. The zero-order valence-corrected chi connectivity index (χ0v) is 17.9. The van der Waals surface area contributed by atoms with Crippen molar-refractivity contribution in [1.82, 2.24) is 15.6 Å². The van der Waals surface area contributed by atoms with E-state index >= 15 is 0 Å². The lowest BCUT2D eigenvalue weighted by Crippen LogP contribution is -2.38. The molecule has 0 atom stereocenters. The van der Waals surface area contributed by atoms with Gasteiger partial charge in [-0.2, -0.15) is 0 Å². The highest BCUT2D eigenvalue weighted by atomic mass is 32.1. The highest BCUT2D eigenvalue weighted by molar-refractivity contribution is 7.11. The van der Waals surface area contributed by atoms with Crippen LogP contribution in [0.15, 0.2) is 35.5 Å². The molecule has 0 bridgehead atoms. The van der Waals surface area contributed by atoms with E-state index in [1.165, 1.54) is 4.88 Å². The Labute approximate surface area is 171 Å². The zero-order chi connectivity index (χ0) is 20.2. The minimum Gasteiger partial charge on any atom is -0.357 e. The van der Waals surface area contributed by atoms with Gasteiger partial charge in [-0.25, -0.2) is 9.98 Å². The summed E-state index contributed by atoms with van der Waals surface area (Å²) in [5.41, 5.74) is 1.87. The van der Waals surface area contributed by atoms with Crippen molar-refractivity contribution in [2.45, 2.75) is 53.0 Å². The van der Waals surface area contributed by atoms with Crippen LogP contribution < -0.4 is 16.0 Å². The number of nitrogens with zero attached hydrogens (tertiary/aromatic N) is 2. The zero-order valence-electron chi connectivity index (χ0n) is 17.0. The second-order valence-electron chi connectivity index (χ2n) is 6.44. The molecular weight excluding hydrogens is 370 g/mol. The molecule has 0 spiro atoms. The van der Waals surface area contributed by atoms with Crippen molar-refractivity contribution in [3.63, 3.8) is 0 Å². The number of hydrogen-bond donors (Lipinski definition) is 3. The van der Waals surface area contributed by atoms with Crippen molar-refractivity contribution in [3.05, 3.63) is 45.9 Å². The number of hydrogen-bond acceptors (Lipinski definition) is 4. The van der Waals surface area contributed by atoms with Gasteiger partial charge in [-0.15, -0.1) is 11.3 Å². The largest absolute Gasteiger partial charge is 0.357 e. The van der Waals surface area contributed by atoms with E-state index < -0.39 is 0 Å². The van der Waals surface area contributed by atoms with Crippen LogP contribution in [-0.2, 0) is 24.2 Å². The van der Waals surface area contributed by atoms with Crippen molar-refractivity contribution in [3.8, 4) is 0 Å². The van der Waals surface area contributed by atoms with Crippen molar-refractivity contribution >= 4 is 28.9 Å². The van der Waals surface area contributed by atoms with Crippen LogP contribution >= 0.6 is 11.3 Å². The molecule has 1 aromatic carbocycles. The van der Waals surface area contributed by atoms with Crippen LogP contribution in [0.5, 0.6) is 0 Å². The monoisotopic (exact) mass is 401 g/mol. The fraction of sp³-hybridized carbons (Fsp3) is 0.476. The summed E-state index contributed by atoms with van der Waals surface area (Å²) in [4.78, 5) is 22.2. The molecule has 0 unspecified atom stereocenters. The Balaban J connectivity index is 1.89. The van der Waals surface area contributed by atoms with E-state index in [1.54, 1.807) is 11.3 Å². The number of amides is 1. The number of anilines is 1. The maximum absolute atomic E-state index is 11.8. The Hall–Kier alpha value is -2.41. The van der Waals surface area contributed by atoms with E-state index in [0.29, 0.717) is 13.0 Å². The van der Waals surface area contributed by atoms with Gasteiger partial charge in [-0.3, -0.25) is 4.79 Å². The first-order valence-corrected chi connectivity index (χ1v) is 10.8. The first-order chi connectivity index (χ1) is 13.6. The standard InChI is InChI=1S/C21H31N5OS/c1-4-8-19(27)26-17-10-7-9-16(13-17)14-25-21(22-6-3)23-12-11-20-24-15-18(5-2)28-20/h7,9-10,13,15H,4-6,8,11-12,14H2,1-3H3,(H,26,27)(H2,22,23,25). The van der Waals surface area contributed by atoms with E-state index in [9.17, 15) is 4.79 Å². The maximum atomic E-state index is 11.8. The Morgan fingerprint density at radius 2 is 2.07 bits per heavy atom. The van der Waals surface area contributed by atoms with Crippen LogP contribution in [0.3, 0.4) is 0 Å². The van der Waals surface area contributed by atoms with Gasteiger partial charge in [0.25, 0.3) is 0 Å². The number of aromatic nitrogens is 1. The van der Waals surface area contributed by atoms with Crippen LogP contribution in [-0.4, -0.2) is 29.9 Å². The van der Waals surface area contributed by atoms with E-state index in [-0.39, 0.29) is 5.91 Å². The summed E-state index contributed by atoms with van der Waals surface area (Å²) in [6.07, 6.45) is 5.26. The number of aliphatic imine (C=N–C) groups is 1. The first kappa shape index (κ1) is 21.9. The Kier molecular flexibility index (Phi) is 9.48. The summed E-state index contributed by atoms with van der Waals surface area (Å²) < 4.78 is 0. The predicted octanol–water partition coefficient (Wildman–Crippen LogP) is 3.74. The van der Waals surface area contributed by atoms with Gasteiger partial charge in [-0.1, -0.05) is 26.0 Å². The Morgan fingerprint density at radius 1 is 1.21 bits per heavy atom. The van der Waals surface area contributed by atoms with Crippen molar-refractivity contribution < 1.29 is 4.79 Å². The number of guanidine groups is 1. The Bertz CT molecular complexity index is 772. The lowest BCUT2D eigenvalue weighted by Gasteiger charge is -2.11. The minimum absolute atomic E-state index is 0.0478. The van der Waals surface area contributed by atoms with Crippen LogP contribution in [0, 0.1) is 0 Å². The molecule has 6 nitrogen and oxygen atoms in total. The highest BCUT2D eigenvalue weighted by Gasteiger charge is 2.04. The van der Waals surface area contributed by atoms with E-state index in [1.807, 2.05) is 37.4 Å². The summed E-state index contributed by atoms with van der Waals surface area (Å²) >= 11 is 1.77. The highest BCUT2D eigenvalue weighted by Crippen LogP contribution is 2.14. The van der Waals surface area contributed by atoms with Gasteiger partial charge in [-0.05, 0) is 37.5 Å². The third kappa shape index (κ3) is 7.68. The lowest BCUT2D eigenvalue weighted by atomic mass is 10.2. The fourth-order valence-electron chi connectivity index (χ4n) is 2.62. The minimum atomic E-state index is 0.0478. The molecule has 28 heavy (non-hydrogen) atoms. The smallest absolute Gasteiger partial charge is 0.224 e. The van der Waals surface area contributed by atoms with E-state index in [0.717, 1.165) is 54.6 Å². The quantitative estimate of drug-likeness (QED) is 0.419. The molecule has 0 saturated carbocycles. The molecule has 0 saturated heterocycles. The van der Waals surface area contributed by atoms with Gasteiger partial charge in [0, 0.05) is 42.7 Å². The number of benzene rings is 1. The van der Waals surface area contributed by atoms with Gasteiger partial charge in [0.1, 0.15) is 0 Å². The third-order valence-corrected chi connectivity index (χ3v) is 5.23. The molecule has 1 heterocycles. The van der Waals surface area contributed by atoms with Gasteiger partial charge in [0.2, 0.25) is 5.91 Å². The van der Waals surface area contributed by atoms with Gasteiger partial charge in [0.05, 0.1) is 11.6 Å². The molecule has 2 aromatic rings. The van der Waals surface area contributed by atoms with Crippen LogP contribution in [0.25, 0.3) is 0 Å². The average Bonchev–Trinajstić information content (AvgIpc) is 3.14. The van der Waals surface area contributed by atoms with Crippen LogP contribution in [0.1, 0.15) is 49.1 Å². The van der Waals surface area contributed by atoms with Gasteiger partial charge < -0.3 is 16.0 Å². The molecule has 0 radical (unpaired) electrons. The van der Waals surface area contributed by atoms with E-state index in [2.05, 4.69) is 39.8 Å². The van der Waals surface area contributed by atoms with Crippen LogP contribution in [0.4, 0.5) is 5.69 Å². The molecule has 1 aromatic heterocycles. The molecule has 3 N–H and O–H groups in total. The topological polar surface area (TPSA) is 78.4 Å². The summed E-state index contributed by atoms with van der Waals surface area (Å²) in [6, 6.07) is 7.84. The number of aryl methyl sites for hydroxylation is 1. The van der Waals surface area contributed by atoms with Crippen LogP contribution in [0.2, 0.25) is 0 Å². The fourth-order valence-corrected chi connectivity index (χ4v) is 3.49. The summed E-state index contributed by atoms with van der Waals surface area (Å²) in [6.45, 7) is 8.33. The number of nitrogens with one attached hydrogen (secondary N) is 3.